The monoisotopic (exact) mass is 331 g/mol. The highest BCUT2D eigenvalue weighted by Crippen LogP contribution is 2.34. The van der Waals surface area contributed by atoms with Crippen LogP contribution in [0.5, 0.6) is 5.88 Å². The number of aromatic hydroxyl groups is 1. The van der Waals surface area contributed by atoms with Crippen LogP contribution in [0.15, 0.2) is 29.3 Å². The SMILES string of the molecule is N#Cc1c(O)nc(SCc2ccccc2Cl)c2c1CCNC2. The Kier molecular flexibility index (Phi) is 4.53. The quantitative estimate of drug-likeness (QED) is 0.845. The van der Waals surface area contributed by atoms with Crippen molar-refractivity contribution >= 4 is 23.4 Å². The Labute approximate surface area is 138 Å². The Balaban J connectivity index is 1.93. The topological polar surface area (TPSA) is 68.9 Å². The number of rotatable bonds is 3. The second kappa shape index (κ2) is 6.57. The summed E-state index contributed by atoms with van der Waals surface area (Å²) >= 11 is 7.70. The standard InChI is InChI=1S/C16H14ClN3OS/c17-14-4-2-1-3-10(14)9-22-16-13-8-19-6-5-11(13)12(7-18)15(21)20-16/h1-4,19H,5-6,8-9H2,(H,20,21). The Hall–Kier alpha value is -1.74. The maximum Gasteiger partial charge on any atom is 0.230 e. The lowest BCUT2D eigenvalue weighted by molar-refractivity contribution is 0.442. The molecule has 0 unspecified atom stereocenters. The molecule has 1 aliphatic heterocycles. The largest absolute Gasteiger partial charge is 0.492 e. The molecule has 6 heteroatoms. The van der Waals surface area contributed by atoms with Gasteiger partial charge in [0.1, 0.15) is 16.7 Å². The molecule has 0 saturated heterocycles. The third-order valence-corrected chi connectivity index (χ3v) is 5.08. The molecule has 22 heavy (non-hydrogen) atoms. The van der Waals surface area contributed by atoms with Crippen LogP contribution in [0.4, 0.5) is 0 Å². The highest BCUT2D eigenvalue weighted by Gasteiger charge is 2.22. The molecule has 0 bridgehead atoms. The van der Waals surface area contributed by atoms with Crippen molar-refractivity contribution in [2.24, 2.45) is 0 Å². The van der Waals surface area contributed by atoms with Crippen molar-refractivity contribution in [1.29, 1.82) is 5.26 Å². The van der Waals surface area contributed by atoms with Crippen LogP contribution in [0.2, 0.25) is 5.02 Å². The Morgan fingerprint density at radius 1 is 1.36 bits per heavy atom. The van der Waals surface area contributed by atoms with Gasteiger partial charge in [0.2, 0.25) is 5.88 Å². The number of nitriles is 1. The van der Waals surface area contributed by atoms with Crippen molar-refractivity contribution in [3.8, 4) is 11.9 Å². The number of fused-ring (bicyclic) bond motifs is 1. The van der Waals surface area contributed by atoms with Crippen LogP contribution in [0.3, 0.4) is 0 Å². The average Bonchev–Trinajstić information content (AvgIpc) is 2.54. The van der Waals surface area contributed by atoms with Gasteiger partial charge in [-0.3, -0.25) is 0 Å². The van der Waals surface area contributed by atoms with Crippen LogP contribution < -0.4 is 5.32 Å². The minimum Gasteiger partial charge on any atom is -0.492 e. The summed E-state index contributed by atoms with van der Waals surface area (Å²) in [6.07, 6.45) is 0.730. The lowest BCUT2D eigenvalue weighted by Crippen LogP contribution is -2.25. The van der Waals surface area contributed by atoms with Crippen LogP contribution >= 0.6 is 23.4 Å². The molecule has 0 fully saturated rings. The van der Waals surface area contributed by atoms with E-state index >= 15 is 0 Å². The van der Waals surface area contributed by atoms with Crippen molar-refractivity contribution < 1.29 is 5.11 Å². The number of halogens is 1. The van der Waals surface area contributed by atoms with E-state index in [0.717, 1.165) is 39.7 Å². The smallest absolute Gasteiger partial charge is 0.230 e. The van der Waals surface area contributed by atoms with E-state index in [-0.39, 0.29) is 5.88 Å². The fourth-order valence-electron chi connectivity index (χ4n) is 2.52. The molecule has 3 rings (SSSR count). The van der Waals surface area contributed by atoms with E-state index in [1.54, 1.807) is 0 Å². The summed E-state index contributed by atoms with van der Waals surface area (Å²) in [5, 5.41) is 24.0. The van der Waals surface area contributed by atoms with Gasteiger partial charge in [-0.15, -0.1) is 11.8 Å². The molecule has 0 radical (unpaired) electrons. The molecule has 0 saturated carbocycles. The van der Waals surface area contributed by atoms with Gasteiger partial charge in [-0.25, -0.2) is 4.98 Å². The van der Waals surface area contributed by atoms with E-state index in [0.29, 0.717) is 17.9 Å². The van der Waals surface area contributed by atoms with Gasteiger partial charge in [-0.2, -0.15) is 5.26 Å². The summed E-state index contributed by atoms with van der Waals surface area (Å²) in [6.45, 7) is 1.47. The van der Waals surface area contributed by atoms with Gasteiger partial charge in [-0.1, -0.05) is 29.8 Å². The minimum atomic E-state index is -0.176. The van der Waals surface area contributed by atoms with Gasteiger partial charge < -0.3 is 10.4 Å². The summed E-state index contributed by atoms with van der Waals surface area (Å²) in [5.41, 5.74) is 3.25. The molecule has 0 aliphatic carbocycles. The zero-order valence-corrected chi connectivity index (χ0v) is 13.3. The second-order valence-corrected chi connectivity index (χ2v) is 6.36. The molecule has 0 amide bonds. The maximum absolute atomic E-state index is 10.0. The molecule has 1 aliphatic rings. The first-order valence-electron chi connectivity index (χ1n) is 6.92. The second-order valence-electron chi connectivity index (χ2n) is 4.99. The molecule has 0 spiro atoms. The fraction of sp³-hybridized carbons (Fsp3) is 0.250. The van der Waals surface area contributed by atoms with Crippen LogP contribution in [0.1, 0.15) is 22.3 Å². The van der Waals surface area contributed by atoms with Gasteiger partial charge in [0, 0.05) is 22.9 Å². The number of nitrogens with zero attached hydrogens (tertiary/aromatic N) is 2. The maximum atomic E-state index is 10.0. The highest BCUT2D eigenvalue weighted by atomic mass is 35.5. The predicted molar refractivity (Wildman–Crippen MR) is 87.0 cm³/mol. The lowest BCUT2D eigenvalue weighted by Gasteiger charge is -2.21. The van der Waals surface area contributed by atoms with E-state index in [1.165, 1.54) is 11.8 Å². The van der Waals surface area contributed by atoms with Crippen molar-refractivity contribution in [2.45, 2.75) is 23.7 Å². The van der Waals surface area contributed by atoms with Crippen molar-refractivity contribution in [3.63, 3.8) is 0 Å². The van der Waals surface area contributed by atoms with Crippen molar-refractivity contribution in [2.75, 3.05) is 6.54 Å². The molecule has 1 aromatic carbocycles. The summed E-state index contributed by atoms with van der Waals surface area (Å²) < 4.78 is 0. The number of hydrogen-bond donors (Lipinski definition) is 2. The third kappa shape index (κ3) is 2.91. The Morgan fingerprint density at radius 2 is 2.18 bits per heavy atom. The first-order chi connectivity index (χ1) is 10.7. The molecule has 2 N–H and O–H groups in total. The van der Waals surface area contributed by atoms with Gasteiger partial charge in [-0.05, 0) is 30.2 Å². The van der Waals surface area contributed by atoms with E-state index in [9.17, 15) is 10.4 Å². The van der Waals surface area contributed by atoms with Gasteiger partial charge in [0.05, 0.1) is 0 Å². The summed E-state index contributed by atoms with van der Waals surface area (Å²) in [6, 6.07) is 9.74. The van der Waals surface area contributed by atoms with Crippen LogP contribution in [-0.4, -0.2) is 16.6 Å². The first-order valence-corrected chi connectivity index (χ1v) is 8.28. The summed E-state index contributed by atoms with van der Waals surface area (Å²) in [5.74, 6) is 0.495. The number of benzene rings is 1. The zero-order chi connectivity index (χ0) is 15.5. The Morgan fingerprint density at radius 3 is 2.95 bits per heavy atom. The predicted octanol–water partition coefficient (Wildman–Crippen LogP) is 3.25. The van der Waals surface area contributed by atoms with Gasteiger partial charge in [0.25, 0.3) is 0 Å². The number of hydrogen-bond acceptors (Lipinski definition) is 5. The third-order valence-electron chi connectivity index (χ3n) is 3.64. The number of nitrogens with one attached hydrogen (secondary N) is 1. The number of thioether (sulfide) groups is 1. The van der Waals surface area contributed by atoms with Crippen LogP contribution in [0, 0.1) is 11.3 Å². The van der Waals surface area contributed by atoms with Crippen LogP contribution in [0.25, 0.3) is 0 Å². The van der Waals surface area contributed by atoms with Crippen LogP contribution in [-0.2, 0) is 18.7 Å². The van der Waals surface area contributed by atoms with Crippen molar-refractivity contribution in [3.05, 3.63) is 51.5 Å². The molecular formula is C16H14ClN3OS. The van der Waals surface area contributed by atoms with E-state index in [1.807, 2.05) is 24.3 Å². The van der Waals surface area contributed by atoms with Crippen molar-refractivity contribution in [1.82, 2.24) is 10.3 Å². The van der Waals surface area contributed by atoms with Gasteiger partial charge in [0.15, 0.2) is 0 Å². The summed E-state index contributed by atoms with van der Waals surface area (Å²) in [7, 11) is 0. The lowest BCUT2D eigenvalue weighted by atomic mass is 9.98. The van der Waals surface area contributed by atoms with E-state index < -0.39 is 0 Å². The minimum absolute atomic E-state index is 0.176. The summed E-state index contributed by atoms with van der Waals surface area (Å²) in [4.78, 5) is 4.21. The zero-order valence-electron chi connectivity index (χ0n) is 11.8. The fourth-order valence-corrected chi connectivity index (χ4v) is 3.86. The molecule has 0 atom stereocenters. The molecule has 4 nitrogen and oxygen atoms in total. The molecule has 112 valence electrons. The van der Waals surface area contributed by atoms with E-state index in [4.69, 9.17) is 11.6 Å². The first kappa shape index (κ1) is 15.2. The molecule has 2 heterocycles. The molecular weight excluding hydrogens is 318 g/mol. The molecule has 2 aromatic rings. The number of aromatic nitrogens is 1. The highest BCUT2D eigenvalue weighted by molar-refractivity contribution is 7.98. The van der Waals surface area contributed by atoms with E-state index in [2.05, 4.69) is 16.4 Å². The Bertz CT molecular complexity index is 758. The average molecular weight is 332 g/mol. The number of pyridine rings is 1. The molecule has 1 aromatic heterocycles. The van der Waals surface area contributed by atoms with Gasteiger partial charge >= 0.3 is 0 Å². The normalized spacial score (nSPS) is 13.5.